The Morgan fingerprint density at radius 3 is 2.59 bits per heavy atom. The number of amides is 1. The van der Waals surface area contributed by atoms with Crippen molar-refractivity contribution in [3.05, 3.63) is 48.3 Å². The van der Waals surface area contributed by atoms with E-state index in [1.165, 1.54) is 0 Å². The van der Waals surface area contributed by atoms with Gasteiger partial charge in [-0.2, -0.15) is 0 Å². The van der Waals surface area contributed by atoms with Crippen molar-refractivity contribution in [3.8, 4) is 11.1 Å². The number of aliphatic carboxylic acids is 1. The van der Waals surface area contributed by atoms with Gasteiger partial charge >= 0.3 is 5.97 Å². The SMILES string of the molecule is CCCC[C@H](NC(=O)c1c[nH]cc1-c1ccccc1)C(=O)O. The maximum Gasteiger partial charge on any atom is 0.326 e. The molecule has 0 aliphatic rings. The van der Waals surface area contributed by atoms with Crippen molar-refractivity contribution >= 4 is 11.9 Å². The Morgan fingerprint density at radius 1 is 1.23 bits per heavy atom. The van der Waals surface area contributed by atoms with Crippen molar-refractivity contribution in [1.82, 2.24) is 10.3 Å². The Balaban J connectivity index is 2.16. The highest BCUT2D eigenvalue weighted by Gasteiger charge is 2.22. The molecule has 0 unspecified atom stereocenters. The fraction of sp³-hybridized carbons (Fsp3) is 0.294. The van der Waals surface area contributed by atoms with Crippen LogP contribution in [0.5, 0.6) is 0 Å². The third-order valence-electron chi connectivity index (χ3n) is 3.52. The Bertz CT molecular complexity index is 634. The molecular formula is C17H20N2O3. The summed E-state index contributed by atoms with van der Waals surface area (Å²) in [6.07, 6.45) is 5.42. The topological polar surface area (TPSA) is 82.2 Å². The van der Waals surface area contributed by atoms with E-state index in [4.69, 9.17) is 0 Å². The predicted octanol–water partition coefficient (Wildman–Crippen LogP) is 3.05. The molecular weight excluding hydrogens is 280 g/mol. The average Bonchev–Trinajstić information content (AvgIpc) is 3.01. The molecule has 1 heterocycles. The summed E-state index contributed by atoms with van der Waals surface area (Å²) in [6, 6.07) is 8.65. The van der Waals surface area contributed by atoms with Gasteiger partial charge in [0.1, 0.15) is 6.04 Å². The molecule has 3 N–H and O–H groups in total. The second kappa shape index (κ2) is 7.45. The molecule has 0 spiro atoms. The molecule has 5 heteroatoms. The van der Waals surface area contributed by atoms with Crippen LogP contribution in [0.15, 0.2) is 42.7 Å². The van der Waals surface area contributed by atoms with E-state index >= 15 is 0 Å². The number of benzene rings is 1. The number of aromatic amines is 1. The Morgan fingerprint density at radius 2 is 1.95 bits per heavy atom. The first-order valence-electron chi connectivity index (χ1n) is 7.39. The van der Waals surface area contributed by atoms with Crippen LogP contribution in [0, 0.1) is 0 Å². The van der Waals surface area contributed by atoms with Crippen molar-refractivity contribution in [2.45, 2.75) is 32.2 Å². The van der Waals surface area contributed by atoms with Crippen LogP contribution in [-0.2, 0) is 4.79 Å². The molecule has 1 amide bonds. The zero-order chi connectivity index (χ0) is 15.9. The Hall–Kier alpha value is -2.56. The first-order chi connectivity index (χ1) is 10.6. The van der Waals surface area contributed by atoms with Gasteiger partial charge in [0, 0.05) is 18.0 Å². The van der Waals surface area contributed by atoms with Gasteiger partial charge in [0.05, 0.1) is 5.56 Å². The molecule has 116 valence electrons. The van der Waals surface area contributed by atoms with E-state index in [-0.39, 0.29) is 5.91 Å². The lowest BCUT2D eigenvalue weighted by Crippen LogP contribution is -2.40. The van der Waals surface area contributed by atoms with Gasteiger partial charge in [0.15, 0.2) is 0 Å². The van der Waals surface area contributed by atoms with Gasteiger partial charge < -0.3 is 15.4 Å². The molecule has 0 aliphatic heterocycles. The van der Waals surface area contributed by atoms with Gasteiger partial charge in [0.25, 0.3) is 5.91 Å². The molecule has 1 aromatic heterocycles. The number of nitrogens with one attached hydrogen (secondary N) is 2. The molecule has 0 radical (unpaired) electrons. The van der Waals surface area contributed by atoms with E-state index in [1.54, 1.807) is 12.4 Å². The molecule has 2 rings (SSSR count). The quantitative estimate of drug-likeness (QED) is 0.735. The highest BCUT2D eigenvalue weighted by atomic mass is 16.4. The van der Waals surface area contributed by atoms with Crippen LogP contribution in [0.1, 0.15) is 36.5 Å². The number of carbonyl (C=O) groups excluding carboxylic acids is 1. The molecule has 0 aliphatic carbocycles. The number of carboxylic acids is 1. The maximum atomic E-state index is 12.4. The normalized spacial score (nSPS) is 11.9. The highest BCUT2D eigenvalue weighted by molar-refractivity contribution is 6.02. The number of H-pyrrole nitrogens is 1. The number of rotatable bonds is 7. The minimum Gasteiger partial charge on any atom is -0.480 e. The predicted molar refractivity (Wildman–Crippen MR) is 84.6 cm³/mol. The van der Waals surface area contributed by atoms with Crippen LogP contribution in [0.2, 0.25) is 0 Å². The Labute approximate surface area is 129 Å². The van der Waals surface area contributed by atoms with Gasteiger partial charge in [-0.15, -0.1) is 0 Å². The van der Waals surface area contributed by atoms with E-state index in [9.17, 15) is 14.7 Å². The summed E-state index contributed by atoms with van der Waals surface area (Å²) in [4.78, 5) is 26.5. The third-order valence-corrected chi connectivity index (χ3v) is 3.52. The summed E-state index contributed by atoms with van der Waals surface area (Å²) in [7, 11) is 0. The summed E-state index contributed by atoms with van der Waals surface area (Å²) < 4.78 is 0. The number of hydrogen-bond donors (Lipinski definition) is 3. The standard InChI is InChI=1S/C17H20N2O3/c1-2-3-9-15(17(21)22)19-16(20)14-11-18-10-13(14)12-7-5-4-6-8-12/h4-8,10-11,15,18H,2-3,9H2,1H3,(H,19,20)(H,21,22)/t15-/m0/s1. The van der Waals surface area contributed by atoms with Crippen molar-refractivity contribution in [1.29, 1.82) is 0 Å². The first kappa shape index (κ1) is 15.8. The third kappa shape index (κ3) is 3.75. The smallest absolute Gasteiger partial charge is 0.326 e. The van der Waals surface area contributed by atoms with Gasteiger partial charge in [-0.3, -0.25) is 4.79 Å². The second-order valence-corrected chi connectivity index (χ2v) is 5.16. The number of unbranched alkanes of at least 4 members (excludes halogenated alkanes) is 1. The van der Waals surface area contributed by atoms with Crippen molar-refractivity contribution in [2.24, 2.45) is 0 Å². The zero-order valence-corrected chi connectivity index (χ0v) is 12.5. The lowest BCUT2D eigenvalue weighted by atomic mass is 10.0. The number of carbonyl (C=O) groups is 2. The van der Waals surface area contributed by atoms with Crippen LogP contribution >= 0.6 is 0 Å². The summed E-state index contributed by atoms with van der Waals surface area (Å²) in [5.41, 5.74) is 2.13. The number of hydrogen-bond acceptors (Lipinski definition) is 2. The molecule has 5 nitrogen and oxygen atoms in total. The average molecular weight is 300 g/mol. The van der Waals surface area contributed by atoms with Crippen LogP contribution in [0.3, 0.4) is 0 Å². The van der Waals surface area contributed by atoms with Crippen LogP contribution in [-0.4, -0.2) is 28.0 Å². The molecule has 0 saturated carbocycles. The monoisotopic (exact) mass is 300 g/mol. The minimum absolute atomic E-state index is 0.372. The molecule has 1 aromatic carbocycles. The van der Waals surface area contributed by atoms with Gasteiger partial charge in [-0.1, -0.05) is 50.1 Å². The minimum atomic E-state index is -1.00. The fourth-order valence-electron chi connectivity index (χ4n) is 2.31. The number of aromatic nitrogens is 1. The highest BCUT2D eigenvalue weighted by Crippen LogP contribution is 2.23. The summed E-state index contributed by atoms with van der Waals surface area (Å²) in [6.45, 7) is 1.99. The lowest BCUT2D eigenvalue weighted by Gasteiger charge is -2.14. The maximum absolute atomic E-state index is 12.4. The molecule has 0 fully saturated rings. The van der Waals surface area contributed by atoms with Crippen molar-refractivity contribution in [3.63, 3.8) is 0 Å². The van der Waals surface area contributed by atoms with Crippen molar-refractivity contribution < 1.29 is 14.7 Å². The lowest BCUT2D eigenvalue weighted by molar-refractivity contribution is -0.139. The summed E-state index contributed by atoms with van der Waals surface area (Å²) in [5.74, 6) is -1.37. The Kier molecular flexibility index (Phi) is 5.36. The van der Waals surface area contributed by atoms with Crippen LogP contribution in [0.25, 0.3) is 11.1 Å². The first-order valence-corrected chi connectivity index (χ1v) is 7.39. The number of carboxylic acid groups (broad SMARTS) is 1. The van der Waals surface area contributed by atoms with Gasteiger partial charge in [-0.25, -0.2) is 4.79 Å². The molecule has 1 atom stereocenters. The molecule has 22 heavy (non-hydrogen) atoms. The van der Waals surface area contributed by atoms with Gasteiger partial charge in [0.2, 0.25) is 0 Å². The largest absolute Gasteiger partial charge is 0.480 e. The second-order valence-electron chi connectivity index (χ2n) is 5.16. The summed E-state index contributed by atoms with van der Waals surface area (Å²) in [5, 5.41) is 11.8. The molecule has 0 saturated heterocycles. The van der Waals surface area contributed by atoms with E-state index < -0.39 is 12.0 Å². The van der Waals surface area contributed by atoms with Crippen LogP contribution in [0.4, 0.5) is 0 Å². The molecule has 0 bridgehead atoms. The summed E-state index contributed by atoms with van der Waals surface area (Å²) >= 11 is 0. The van der Waals surface area contributed by atoms with E-state index in [2.05, 4.69) is 10.3 Å². The van der Waals surface area contributed by atoms with E-state index in [0.717, 1.165) is 24.0 Å². The fourth-order valence-corrected chi connectivity index (χ4v) is 2.31. The van der Waals surface area contributed by atoms with E-state index in [0.29, 0.717) is 12.0 Å². The zero-order valence-electron chi connectivity index (χ0n) is 12.5. The molecule has 2 aromatic rings. The van der Waals surface area contributed by atoms with Crippen molar-refractivity contribution in [2.75, 3.05) is 0 Å². The van der Waals surface area contributed by atoms with E-state index in [1.807, 2.05) is 37.3 Å². The van der Waals surface area contributed by atoms with Gasteiger partial charge in [-0.05, 0) is 12.0 Å². The van der Waals surface area contributed by atoms with Crippen LogP contribution < -0.4 is 5.32 Å².